The van der Waals surface area contributed by atoms with Crippen molar-refractivity contribution in [2.75, 3.05) is 13.1 Å². The minimum absolute atomic E-state index is 0.496. The van der Waals surface area contributed by atoms with Gasteiger partial charge in [-0.1, -0.05) is 6.42 Å². The highest BCUT2D eigenvalue weighted by molar-refractivity contribution is 4.82. The standard InChI is InChI=1S/C10H22N2O/c1-10(13,5-6-11)8-9-4-2-3-7-12-9/h9,12-13H,2-8,11H2,1H3. The third kappa shape index (κ3) is 4.07. The summed E-state index contributed by atoms with van der Waals surface area (Å²) in [6.07, 6.45) is 5.29. The summed E-state index contributed by atoms with van der Waals surface area (Å²) in [5.74, 6) is 0. The van der Waals surface area contributed by atoms with Crippen LogP contribution in [0.15, 0.2) is 0 Å². The van der Waals surface area contributed by atoms with Gasteiger partial charge in [0.15, 0.2) is 0 Å². The molecular weight excluding hydrogens is 164 g/mol. The van der Waals surface area contributed by atoms with Crippen molar-refractivity contribution in [2.45, 2.75) is 50.7 Å². The second kappa shape index (κ2) is 4.94. The average molecular weight is 186 g/mol. The molecule has 4 N–H and O–H groups in total. The van der Waals surface area contributed by atoms with Crippen LogP contribution in [0.2, 0.25) is 0 Å². The average Bonchev–Trinajstić information content (AvgIpc) is 2.04. The van der Waals surface area contributed by atoms with E-state index in [-0.39, 0.29) is 0 Å². The number of piperidine rings is 1. The number of hydrogen-bond donors (Lipinski definition) is 3. The Kier molecular flexibility index (Phi) is 4.16. The van der Waals surface area contributed by atoms with E-state index in [0.717, 1.165) is 13.0 Å². The third-order valence-electron chi connectivity index (χ3n) is 2.78. The molecule has 1 aliphatic heterocycles. The first-order valence-electron chi connectivity index (χ1n) is 5.30. The van der Waals surface area contributed by atoms with Crippen LogP contribution >= 0.6 is 0 Å². The smallest absolute Gasteiger partial charge is 0.0646 e. The van der Waals surface area contributed by atoms with Crippen LogP contribution in [-0.4, -0.2) is 29.8 Å². The summed E-state index contributed by atoms with van der Waals surface area (Å²) in [6, 6.07) is 0.496. The lowest BCUT2D eigenvalue weighted by atomic mass is 9.89. The molecule has 1 saturated heterocycles. The fourth-order valence-electron chi connectivity index (χ4n) is 2.04. The molecule has 1 aliphatic rings. The van der Waals surface area contributed by atoms with Crippen molar-refractivity contribution >= 4 is 0 Å². The van der Waals surface area contributed by atoms with Gasteiger partial charge in [0.25, 0.3) is 0 Å². The van der Waals surface area contributed by atoms with Gasteiger partial charge in [0.1, 0.15) is 0 Å². The van der Waals surface area contributed by atoms with Gasteiger partial charge in [0.2, 0.25) is 0 Å². The highest BCUT2D eigenvalue weighted by atomic mass is 16.3. The molecule has 0 aromatic carbocycles. The maximum absolute atomic E-state index is 9.95. The Morgan fingerprint density at radius 3 is 2.85 bits per heavy atom. The Morgan fingerprint density at radius 2 is 2.31 bits per heavy atom. The van der Waals surface area contributed by atoms with E-state index in [1.165, 1.54) is 19.3 Å². The van der Waals surface area contributed by atoms with Crippen LogP contribution < -0.4 is 11.1 Å². The van der Waals surface area contributed by atoms with Gasteiger partial charge < -0.3 is 16.2 Å². The molecule has 2 unspecified atom stereocenters. The Balaban J connectivity index is 2.28. The molecule has 0 saturated carbocycles. The maximum atomic E-state index is 9.95. The van der Waals surface area contributed by atoms with E-state index in [4.69, 9.17) is 5.73 Å². The summed E-state index contributed by atoms with van der Waals surface area (Å²) < 4.78 is 0. The molecule has 0 bridgehead atoms. The van der Waals surface area contributed by atoms with E-state index >= 15 is 0 Å². The van der Waals surface area contributed by atoms with Gasteiger partial charge in [-0.05, 0) is 45.7 Å². The first-order valence-corrected chi connectivity index (χ1v) is 5.30. The number of aliphatic hydroxyl groups is 1. The van der Waals surface area contributed by atoms with Gasteiger partial charge in [0, 0.05) is 6.04 Å². The molecule has 1 heterocycles. The lowest BCUT2D eigenvalue weighted by Crippen LogP contribution is -2.41. The summed E-state index contributed by atoms with van der Waals surface area (Å²) in [5.41, 5.74) is 4.86. The lowest BCUT2D eigenvalue weighted by Gasteiger charge is -2.31. The van der Waals surface area contributed by atoms with Crippen molar-refractivity contribution in [3.63, 3.8) is 0 Å². The molecule has 1 rings (SSSR count). The van der Waals surface area contributed by atoms with E-state index in [1.54, 1.807) is 0 Å². The van der Waals surface area contributed by atoms with E-state index < -0.39 is 5.60 Å². The zero-order valence-electron chi connectivity index (χ0n) is 8.55. The fraction of sp³-hybridized carbons (Fsp3) is 1.00. The first kappa shape index (κ1) is 11.0. The maximum Gasteiger partial charge on any atom is 0.0646 e. The van der Waals surface area contributed by atoms with E-state index in [9.17, 15) is 5.11 Å². The van der Waals surface area contributed by atoms with E-state index in [0.29, 0.717) is 19.0 Å². The number of hydrogen-bond acceptors (Lipinski definition) is 3. The van der Waals surface area contributed by atoms with Crippen molar-refractivity contribution in [3.05, 3.63) is 0 Å². The van der Waals surface area contributed by atoms with Crippen LogP contribution in [0.5, 0.6) is 0 Å². The minimum atomic E-state index is -0.580. The molecule has 0 aliphatic carbocycles. The van der Waals surface area contributed by atoms with E-state index in [1.807, 2.05) is 6.92 Å². The molecule has 0 aromatic heterocycles. The highest BCUT2D eigenvalue weighted by Gasteiger charge is 2.25. The second-order valence-corrected chi connectivity index (χ2v) is 4.39. The highest BCUT2D eigenvalue weighted by Crippen LogP contribution is 2.20. The predicted molar refractivity (Wildman–Crippen MR) is 54.6 cm³/mol. The molecule has 13 heavy (non-hydrogen) atoms. The summed E-state index contributed by atoms with van der Waals surface area (Å²) in [7, 11) is 0. The molecule has 1 fully saturated rings. The van der Waals surface area contributed by atoms with Crippen molar-refractivity contribution < 1.29 is 5.11 Å². The topological polar surface area (TPSA) is 58.3 Å². The van der Waals surface area contributed by atoms with Crippen LogP contribution in [0.25, 0.3) is 0 Å². The summed E-state index contributed by atoms with van der Waals surface area (Å²) in [4.78, 5) is 0. The van der Waals surface area contributed by atoms with Crippen LogP contribution in [0, 0.1) is 0 Å². The molecule has 0 amide bonds. The zero-order chi connectivity index (χ0) is 9.73. The zero-order valence-corrected chi connectivity index (χ0v) is 8.55. The summed E-state index contributed by atoms with van der Waals surface area (Å²) in [6.45, 7) is 3.55. The monoisotopic (exact) mass is 186 g/mol. The molecule has 0 radical (unpaired) electrons. The van der Waals surface area contributed by atoms with E-state index in [2.05, 4.69) is 5.32 Å². The molecular formula is C10H22N2O. The Bertz CT molecular complexity index is 142. The molecule has 2 atom stereocenters. The van der Waals surface area contributed by atoms with Gasteiger partial charge in [-0.15, -0.1) is 0 Å². The van der Waals surface area contributed by atoms with Crippen molar-refractivity contribution in [1.29, 1.82) is 0 Å². The number of nitrogens with one attached hydrogen (secondary N) is 1. The van der Waals surface area contributed by atoms with Gasteiger partial charge >= 0.3 is 0 Å². The van der Waals surface area contributed by atoms with Gasteiger partial charge in [0.05, 0.1) is 5.60 Å². The third-order valence-corrected chi connectivity index (χ3v) is 2.78. The van der Waals surface area contributed by atoms with Crippen molar-refractivity contribution in [3.8, 4) is 0 Å². The van der Waals surface area contributed by atoms with Crippen molar-refractivity contribution in [1.82, 2.24) is 5.32 Å². The molecule has 0 spiro atoms. The number of nitrogens with two attached hydrogens (primary N) is 1. The Morgan fingerprint density at radius 1 is 1.54 bits per heavy atom. The van der Waals surface area contributed by atoms with Crippen LogP contribution in [0.3, 0.4) is 0 Å². The SMILES string of the molecule is CC(O)(CCN)CC1CCCCN1. The van der Waals surface area contributed by atoms with Crippen LogP contribution in [0.1, 0.15) is 39.0 Å². The predicted octanol–water partition coefficient (Wildman–Crippen LogP) is 0.618. The van der Waals surface area contributed by atoms with Crippen molar-refractivity contribution in [2.24, 2.45) is 5.73 Å². The Hall–Kier alpha value is -0.120. The fourth-order valence-corrected chi connectivity index (χ4v) is 2.04. The lowest BCUT2D eigenvalue weighted by molar-refractivity contribution is 0.0309. The largest absolute Gasteiger partial charge is 0.390 e. The molecule has 3 heteroatoms. The summed E-state index contributed by atoms with van der Waals surface area (Å²) in [5, 5.41) is 13.4. The van der Waals surface area contributed by atoms with Crippen LogP contribution in [-0.2, 0) is 0 Å². The van der Waals surface area contributed by atoms with Gasteiger partial charge in [-0.3, -0.25) is 0 Å². The quantitative estimate of drug-likeness (QED) is 0.603. The minimum Gasteiger partial charge on any atom is -0.390 e. The second-order valence-electron chi connectivity index (χ2n) is 4.39. The Labute approximate surface area is 80.7 Å². The molecule has 3 nitrogen and oxygen atoms in total. The first-order chi connectivity index (χ1) is 6.14. The summed E-state index contributed by atoms with van der Waals surface area (Å²) >= 11 is 0. The normalized spacial score (nSPS) is 28.4. The molecule has 0 aromatic rings. The number of rotatable bonds is 4. The van der Waals surface area contributed by atoms with Gasteiger partial charge in [-0.25, -0.2) is 0 Å². The van der Waals surface area contributed by atoms with Crippen LogP contribution in [0.4, 0.5) is 0 Å². The van der Waals surface area contributed by atoms with Gasteiger partial charge in [-0.2, -0.15) is 0 Å². The molecule has 78 valence electrons.